The van der Waals surface area contributed by atoms with Crippen molar-refractivity contribution < 1.29 is 29.4 Å². The van der Waals surface area contributed by atoms with E-state index < -0.39 is 54.5 Å². The number of carbonyl (C=O) groups excluding carboxylic acids is 3. The summed E-state index contributed by atoms with van der Waals surface area (Å²) in [5, 5.41) is 25.3. The molecule has 0 aliphatic heterocycles. The molecule has 0 saturated heterocycles. The van der Waals surface area contributed by atoms with Gasteiger partial charge in [-0.05, 0) is 32.7 Å². The molecule has 0 aromatic carbocycles. The highest BCUT2D eigenvalue weighted by atomic mass is 32.1. The maximum absolute atomic E-state index is 12.0. The van der Waals surface area contributed by atoms with Crippen LogP contribution in [0.2, 0.25) is 0 Å². The van der Waals surface area contributed by atoms with Gasteiger partial charge in [-0.15, -0.1) is 0 Å². The third-order valence-electron chi connectivity index (χ3n) is 3.64. The van der Waals surface area contributed by atoms with Gasteiger partial charge < -0.3 is 37.6 Å². The molecule has 12 heteroatoms. The zero-order chi connectivity index (χ0) is 21.0. The summed E-state index contributed by atoms with van der Waals surface area (Å²) in [4.78, 5) is 46.8. The van der Waals surface area contributed by atoms with Crippen molar-refractivity contribution in [3.63, 3.8) is 0 Å². The Labute approximate surface area is 163 Å². The summed E-state index contributed by atoms with van der Waals surface area (Å²) in [7, 11) is 0. The molecule has 27 heavy (non-hydrogen) atoms. The SMILES string of the molecule is CC(O)C(N)C(=O)NC(CS)C(=O)NCC(=O)NC(CCCCN)C(=O)O. The van der Waals surface area contributed by atoms with Crippen molar-refractivity contribution in [3.8, 4) is 0 Å². The first-order chi connectivity index (χ1) is 12.6. The van der Waals surface area contributed by atoms with E-state index in [9.17, 15) is 24.3 Å². The normalized spacial score (nSPS) is 15.1. The lowest BCUT2D eigenvalue weighted by Crippen LogP contribution is -2.56. The van der Waals surface area contributed by atoms with E-state index in [1.54, 1.807) is 0 Å². The van der Waals surface area contributed by atoms with E-state index in [0.29, 0.717) is 19.4 Å². The van der Waals surface area contributed by atoms with Crippen LogP contribution in [-0.2, 0) is 19.2 Å². The minimum atomic E-state index is -1.21. The van der Waals surface area contributed by atoms with E-state index in [2.05, 4.69) is 28.6 Å². The van der Waals surface area contributed by atoms with Gasteiger partial charge in [-0.2, -0.15) is 12.6 Å². The zero-order valence-electron chi connectivity index (χ0n) is 15.2. The third-order valence-corrected chi connectivity index (χ3v) is 4.01. The smallest absolute Gasteiger partial charge is 0.326 e. The van der Waals surface area contributed by atoms with E-state index in [1.165, 1.54) is 6.92 Å². The number of aliphatic hydroxyl groups excluding tert-OH is 1. The highest BCUT2D eigenvalue weighted by molar-refractivity contribution is 7.80. The fraction of sp³-hybridized carbons (Fsp3) is 0.733. The Kier molecular flexibility index (Phi) is 12.4. The molecule has 11 nitrogen and oxygen atoms in total. The predicted octanol–water partition coefficient (Wildman–Crippen LogP) is -3.08. The summed E-state index contributed by atoms with van der Waals surface area (Å²) in [5.41, 5.74) is 10.8. The van der Waals surface area contributed by atoms with Crippen LogP contribution in [0.25, 0.3) is 0 Å². The van der Waals surface area contributed by atoms with Crippen LogP contribution in [0.1, 0.15) is 26.2 Å². The second-order valence-electron chi connectivity index (χ2n) is 5.97. The highest BCUT2D eigenvalue weighted by Crippen LogP contribution is 2.00. The number of amides is 3. The van der Waals surface area contributed by atoms with Crippen LogP contribution < -0.4 is 27.4 Å². The second kappa shape index (κ2) is 13.3. The van der Waals surface area contributed by atoms with Gasteiger partial charge in [0.05, 0.1) is 12.6 Å². The number of unbranched alkanes of at least 4 members (excludes halogenated alkanes) is 1. The van der Waals surface area contributed by atoms with Gasteiger partial charge >= 0.3 is 5.97 Å². The van der Waals surface area contributed by atoms with Gasteiger partial charge in [-0.25, -0.2) is 4.79 Å². The number of aliphatic hydroxyl groups is 1. The number of thiol groups is 1. The average Bonchev–Trinajstić information content (AvgIpc) is 2.62. The van der Waals surface area contributed by atoms with Gasteiger partial charge in [0.1, 0.15) is 18.1 Å². The first kappa shape index (κ1) is 25.1. The number of carbonyl (C=O) groups is 4. The fourth-order valence-electron chi connectivity index (χ4n) is 1.97. The van der Waals surface area contributed by atoms with Crippen LogP contribution in [0.5, 0.6) is 0 Å². The monoisotopic (exact) mass is 407 g/mol. The van der Waals surface area contributed by atoms with E-state index in [1.807, 2.05) is 0 Å². The molecule has 0 heterocycles. The summed E-state index contributed by atoms with van der Waals surface area (Å²) in [5.74, 6) is -3.37. The Morgan fingerprint density at radius 3 is 2.19 bits per heavy atom. The lowest BCUT2D eigenvalue weighted by Gasteiger charge is -2.20. The largest absolute Gasteiger partial charge is 0.480 e. The quantitative estimate of drug-likeness (QED) is 0.116. The number of nitrogens with two attached hydrogens (primary N) is 2. The number of aliphatic carboxylic acids is 1. The number of hydrogen-bond acceptors (Lipinski definition) is 8. The standard InChI is InChI=1S/C15H29N5O6S/c1-8(21)12(17)14(24)20-10(7-27)13(23)18-6-11(22)19-9(15(25)26)4-2-3-5-16/h8-10,12,21,27H,2-7,16-17H2,1H3,(H,18,23)(H,19,22)(H,20,24)(H,25,26). The predicted molar refractivity (Wildman–Crippen MR) is 101 cm³/mol. The number of rotatable bonds is 13. The molecule has 0 fully saturated rings. The molecular formula is C15H29N5O6S. The molecule has 0 radical (unpaired) electrons. The maximum Gasteiger partial charge on any atom is 0.326 e. The number of carboxylic acid groups (broad SMARTS) is 1. The molecule has 0 aliphatic rings. The molecular weight excluding hydrogens is 378 g/mol. The van der Waals surface area contributed by atoms with Crippen molar-refractivity contribution >= 4 is 36.3 Å². The Balaban J connectivity index is 4.52. The van der Waals surface area contributed by atoms with E-state index in [0.717, 1.165) is 0 Å². The van der Waals surface area contributed by atoms with E-state index >= 15 is 0 Å². The summed E-state index contributed by atoms with van der Waals surface area (Å²) >= 11 is 3.96. The number of carboxylic acids is 1. The van der Waals surface area contributed by atoms with Crippen molar-refractivity contribution in [3.05, 3.63) is 0 Å². The second-order valence-corrected chi connectivity index (χ2v) is 6.34. The lowest BCUT2D eigenvalue weighted by atomic mass is 10.1. The Hall–Kier alpha value is -1.89. The van der Waals surface area contributed by atoms with Gasteiger partial charge in [0, 0.05) is 5.75 Å². The fourth-order valence-corrected chi connectivity index (χ4v) is 2.22. The van der Waals surface area contributed by atoms with Crippen molar-refractivity contribution in [2.75, 3.05) is 18.8 Å². The molecule has 4 unspecified atom stereocenters. The summed E-state index contributed by atoms with van der Waals surface area (Å²) in [6, 6.07) is -3.36. The van der Waals surface area contributed by atoms with Crippen LogP contribution >= 0.6 is 12.6 Å². The number of nitrogens with one attached hydrogen (secondary N) is 3. The van der Waals surface area contributed by atoms with Gasteiger partial charge in [0.25, 0.3) is 0 Å². The highest BCUT2D eigenvalue weighted by Gasteiger charge is 2.26. The molecule has 0 bridgehead atoms. The zero-order valence-corrected chi connectivity index (χ0v) is 16.1. The van der Waals surface area contributed by atoms with Crippen LogP contribution in [0.15, 0.2) is 0 Å². The molecule has 4 atom stereocenters. The molecule has 0 aromatic rings. The Morgan fingerprint density at radius 1 is 1.07 bits per heavy atom. The van der Waals surface area contributed by atoms with Gasteiger partial charge in [0.2, 0.25) is 17.7 Å². The first-order valence-electron chi connectivity index (χ1n) is 8.48. The van der Waals surface area contributed by atoms with E-state index in [4.69, 9.17) is 16.6 Å². The van der Waals surface area contributed by atoms with Crippen LogP contribution in [0.3, 0.4) is 0 Å². The molecule has 3 amide bonds. The van der Waals surface area contributed by atoms with Gasteiger partial charge in [-0.1, -0.05) is 0 Å². The van der Waals surface area contributed by atoms with Crippen molar-refractivity contribution in [1.82, 2.24) is 16.0 Å². The Bertz CT molecular complexity index is 519. The first-order valence-corrected chi connectivity index (χ1v) is 9.12. The average molecular weight is 407 g/mol. The maximum atomic E-state index is 12.0. The van der Waals surface area contributed by atoms with Gasteiger partial charge in [0.15, 0.2) is 0 Å². The molecule has 0 aliphatic carbocycles. The number of hydrogen-bond donors (Lipinski definition) is 8. The summed E-state index contributed by atoms with van der Waals surface area (Å²) < 4.78 is 0. The van der Waals surface area contributed by atoms with Crippen LogP contribution in [-0.4, -0.2) is 77.0 Å². The van der Waals surface area contributed by atoms with Gasteiger partial charge in [-0.3, -0.25) is 14.4 Å². The molecule has 0 rings (SSSR count). The molecule has 0 spiro atoms. The van der Waals surface area contributed by atoms with Crippen LogP contribution in [0, 0.1) is 0 Å². The molecule has 0 saturated carbocycles. The molecule has 9 N–H and O–H groups in total. The molecule has 0 aromatic heterocycles. The van der Waals surface area contributed by atoms with Crippen molar-refractivity contribution in [2.45, 2.75) is 50.4 Å². The third kappa shape index (κ3) is 10.1. The minimum Gasteiger partial charge on any atom is -0.480 e. The van der Waals surface area contributed by atoms with E-state index in [-0.39, 0.29) is 12.2 Å². The summed E-state index contributed by atoms with van der Waals surface area (Å²) in [6.45, 7) is 1.28. The van der Waals surface area contributed by atoms with Crippen LogP contribution in [0.4, 0.5) is 0 Å². The molecule has 156 valence electrons. The minimum absolute atomic E-state index is 0.0669. The summed E-state index contributed by atoms with van der Waals surface area (Å²) in [6.07, 6.45) is 0.288. The topological polar surface area (TPSA) is 197 Å². The lowest BCUT2D eigenvalue weighted by molar-refractivity contribution is -0.142. The Morgan fingerprint density at radius 2 is 1.70 bits per heavy atom. The van der Waals surface area contributed by atoms with Crippen molar-refractivity contribution in [1.29, 1.82) is 0 Å². The van der Waals surface area contributed by atoms with Crippen molar-refractivity contribution in [2.24, 2.45) is 11.5 Å².